The van der Waals surface area contributed by atoms with Gasteiger partial charge in [-0.3, -0.25) is 4.79 Å². The van der Waals surface area contributed by atoms with E-state index in [0.29, 0.717) is 0 Å². The lowest BCUT2D eigenvalue weighted by Crippen LogP contribution is -2.34. The lowest BCUT2D eigenvalue weighted by molar-refractivity contribution is -0.128. The van der Waals surface area contributed by atoms with Crippen molar-refractivity contribution in [3.05, 3.63) is 29.8 Å². The first-order chi connectivity index (χ1) is 10.1. The van der Waals surface area contributed by atoms with Gasteiger partial charge in [0, 0.05) is 24.1 Å². The van der Waals surface area contributed by atoms with Crippen LogP contribution in [0, 0.1) is 34.3 Å². The van der Waals surface area contributed by atoms with Gasteiger partial charge in [0.05, 0.1) is 30.7 Å². The minimum absolute atomic E-state index is 0.0284. The van der Waals surface area contributed by atoms with Crippen molar-refractivity contribution < 1.29 is 13.6 Å². The van der Waals surface area contributed by atoms with Crippen LogP contribution >= 0.6 is 11.8 Å². The quantitative estimate of drug-likeness (QED) is 0.726. The monoisotopic (exact) mass is 309 g/mol. The van der Waals surface area contributed by atoms with E-state index in [1.807, 2.05) is 12.1 Å². The molecule has 1 amide bonds. The topological polar surface area (TPSA) is 67.9 Å². The van der Waals surface area contributed by atoms with Crippen LogP contribution in [0.3, 0.4) is 0 Å². The molecular formula is C14H13F2N3OS. The molecule has 1 aromatic carbocycles. The Bertz CT molecular complexity index is 563. The van der Waals surface area contributed by atoms with Crippen molar-refractivity contribution in [2.75, 3.05) is 18.8 Å². The van der Waals surface area contributed by atoms with E-state index in [0.717, 1.165) is 23.9 Å². The molecule has 0 saturated carbocycles. The number of carbonyl (C=O) groups is 1. The molecule has 1 aromatic rings. The average Bonchev–Trinajstić information content (AvgIpc) is 2.46. The number of hydrogen-bond acceptors (Lipinski definition) is 4. The first-order valence-electron chi connectivity index (χ1n) is 6.18. The first kappa shape index (κ1) is 16.9. The Labute approximate surface area is 126 Å². The molecule has 0 fully saturated rings. The molecule has 7 heteroatoms. The molecule has 110 valence electrons. The van der Waals surface area contributed by atoms with Crippen molar-refractivity contribution in [2.24, 2.45) is 0 Å². The number of nitriles is 2. The number of halogens is 2. The third-order valence-corrected chi connectivity index (χ3v) is 3.62. The van der Waals surface area contributed by atoms with Crippen LogP contribution in [-0.4, -0.2) is 29.6 Å². The highest BCUT2D eigenvalue weighted by Crippen LogP contribution is 2.22. The van der Waals surface area contributed by atoms with Crippen molar-refractivity contribution in [1.29, 1.82) is 10.5 Å². The third-order valence-electron chi connectivity index (χ3n) is 2.58. The molecule has 0 aliphatic rings. The van der Waals surface area contributed by atoms with Crippen LogP contribution in [0.25, 0.3) is 0 Å². The summed E-state index contributed by atoms with van der Waals surface area (Å²) in [5, 5.41) is 17.1. The molecule has 0 heterocycles. The van der Waals surface area contributed by atoms with Crippen LogP contribution in [0.1, 0.15) is 12.8 Å². The number of thioether (sulfide) groups is 1. The van der Waals surface area contributed by atoms with E-state index in [1.54, 1.807) is 0 Å². The summed E-state index contributed by atoms with van der Waals surface area (Å²) in [6.07, 6.45) is 0.347. The summed E-state index contributed by atoms with van der Waals surface area (Å²) < 4.78 is 26.2. The van der Waals surface area contributed by atoms with E-state index < -0.39 is 11.6 Å². The molecule has 21 heavy (non-hydrogen) atoms. The minimum Gasteiger partial charge on any atom is -0.340 e. The van der Waals surface area contributed by atoms with Crippen molar-refractivity contribution in [1.82, 2.24) is 4.90 Å². The second-order valence-electron chi connectivity index (χ2n) is 4.06. The number of amides is 1. The Morgan fingerprint density at radius 1 is 1.19 bits per heavy atom. The fourth-order valence-electron chi connectivity index (χ4n) is 1.55. The van der Waals surface area contributed by atoms with Gasteiger partial charge in [-0.25, -0.2) is 8.78 Å². The predicted octanol–water partition coefficient (Wildman–Crippen LogP) is 2.71. The smallest absolute Gasteiger partial charge is 0.232 e. The Balaban J connectivity index is 2.60. The summed E-state index contributed by atoms with van der Waals surface area (Å²) in [5.74, 6) is -1.70. The molecule has 0 bridgehead atoms. The Morgan fingerprint density at radius 3 is 2.33 bits per heavy atom. The fraction of sp³-hybridized carbons (Fsp3) is 0.357. The second kappa shape index (κ2) is 8.93. The standard InChI is InChI=1S/C14H13F2N3OS/c15-11-3-4-13(12(16)9-11)21-10-14(20)19(7-1-5-17)8-2-6-18/h3-4,9H,1-2,7-8,10H2. The maximum atomic E-state index is 13.4. The van der Waals surface area contributed by atoms with Gasteiger partial charge in [-0.05, 0) is 12.1 Å². The van der Waals surface area contributed by atoms with E-state index in [1.165, 1.54) is 11.0 Å². The number of rotatable bonds is 7. The molecule has 4 nitrogen and oxygen atoms in total. The highest BCUT2D eigenvalue weighted by Gasteiger charge is 2.14. The van der Waals surface area contributed by atoms with Gasteiger partial charge < -0.3 is 4.90 Å². The van der Waals surface area contributed by atoms with E-state index in [4.69, 9.17) is 10.5 Å². The van der Waals surface area contributed by atoms with Crippen molar-refractivity contribution in [3.63, 3.8) is 0 Å². The first-order valence-corrected chi connectivity index (χ1v) is 7.16. The molecule has 0 radical (unpaired) electrons. The predicted molar refractivity (Wildman–Crippen MR) is 74.1 cm³/mol. The largest absolute Gasteiger partial charge is 0.340 e. The van der Waals surface area contributed by atoms with Crippen molar-refractivity contribution >= 4 is 17.7 Å². The van der Waals surface area contributed by atoms with Crippen LogP contribution < -0.4 is 0 Å². The SMILES string of the molecule is N#CCCN(CCC#N)C(=O)CSc1ccc(F)cc1F. The van der Waals surface area contributed by atoms with Gasteiger partial charge in [-0.15, -0.1) is 11.8 Å². The Morgan fingerprint density at radius 2 is 1.81 bits per heavy atom. The molecule has 0 saturated heterocycles. The van der Waals surface area contributed by atoms with Crippen molar-refractivity contribution in [2.45, 2.75) is 17.7 Å². The summed E-state index contributed by atoms with van der Waals surface area (Å²) in [6, 6.07) is 7.03. The lowest BCUT2D eigenvalue weighted by Gasteiger charge is -2.20. The van der Waals surface area contributed by atoms with Crippen LogP contribution in [0.2, 0.25) is 0 Å². The normalized spacial score (nSPS) is 9.71. The highest BCUT2D eigenvalue weighted by molar-refractivity contribution is 8.00. The number of nitrogens with zero attached hydrogens (tertiary/aromatic N) is 3. The summed E-state index contributed by atoms with van der Waals surface area (Å²) in [6.45, 7) is 0.479. The average molecular weight is 309 g/mol. The zero-order chi connectivity index (χ0) is 15.7. The van der Waals surface area contributed by atoms with E-state index in [2.05, 4.69) is 0 Å². The van der Waals surface area contributed by atoms with Gasteiger partial charge in [-0.2, -0.15) is 10.5 Å². The van der Waals surface area contributed by atoms with Crippen LogP contribution in [-0.2, 0) is 4.79 Å². The molecule has 1 rings (SSSR count). The molecule has 0 spiro atoms. The zero-order valence-corrected chi connectivity index (χ0v) is 12.0. The van der Waals surface area contributed by atoms with Gasteiger partial charge in [0.25, 0.3) is 0 Å². The minimum atomic E-state index is -0.714. The van der Waals surface area contributed by atoms with E-state index in [-0.39, 0.29) is 42.5 Å². The number of carbonyl (C=O) groups excluding carboxylic acids is 1. The summed E-state index contributed by atoms with van der Waals surface area (Å²) in [4.78, 5) is 13.6. The maximum absolute atomic E-state index is 13.4. The molecule has 0 atom stereocenters. The van der Waals surface area contributed by atoms with Crippen LogP contribution in [0.5, 0.6) is 0 Å². The van der Waals surface area contributed by atoms with Gasteiger partial charge in [0.1, 0.15) is 11.6 Å². The number of benzene rings is 1. The number of hydrogen-bond donors (Lipinski definition) is 0. The molecule has 0 aliphatic heterocycles. The third kappa shape index (κ3) is 5.80. The zero-order valence-electron chi connectivity index (χ0n) is 11.2. The second-order valence-corrected chi connectivity index (χ2v) is 5.08. The van der Waals surface area contributed by atoms with Gasteiger partial charge >= 0.3 is 0 Å². The molecule has 0 aromatic heterocycles. The summed E-state index contributed by atoms with van der Waals surface area (Å²) in [7, 11) is 0. The summed E-state index contributed by atoms with van der Waals surface area (Å²) in [5.41, 5.74) is 0. The van der Waals surface area contributed by atoms with E-state index in [9.17, 15) is 13.6 Å². The van der Waals surface area contributed by atoms with Crippen LogP contribution in [0.4, 0.5) is 8.78 Å². The van der Waals surface area contributed by atoms with Crippen LogP contribution in [0.15, 0.2) is 23.1 Å². The van der Waals surface area contributed by atoms with Crippen molar-refractivity contribution in [3.8, 4) is 12.1 Å². The fourth-order valence-corrected chi connectivity index (χ4v) is 2.38. The molecule has 0 N–H and O–H groups in total. The molecular weight excluding hydrogens is 296 g/mol. The van der Waals surface area contributed by atoms with E-state index >= 15 is 0 Å². The highest BCUT2D eigenvalue weighted by atomic mass is 32.2. The Kier molecular flexibility index (Phi) is 7.20. The Hall–Kier alpha value is -2.12. The molecule has 0 unspecified atom stereocenters. The van der Waals surface area contributed by atoms with Gasteiger partial charge in [0.2, 0.25) is 5.91 Å². The maximum Gasteiger partial charge on any atom is 0.232 e. The summed E-state index contributed by atoms with van der Waals surface area (Å²) >= 11 is 0.960. The van der Waals surface area contributed by atoms with Gasteiger partial charge in [-0.1, -0.05) is 0 Å². The van der Waals surface area contributed by atoms with Gasteiger partial charge in [0.15, 0.2) is 0 Å². The molecule has 0 aliphatic carbocycles. The lowest BCUT2D eigenvalue weighted by atomic mass is 10.3.